The van der Waals surface area contributed by atoms with Crippen molar-refractivity contribution < 1.29 is 9.59 Å². The van der Waals surface area contributed by atoms with Gasteiger partial charge in [0, 0.05) is 38.8 Å². The maximum absolute atomic E-state index is 13.3. The van der Waals surface area contributed by atoms with Crippen LogP contribution in [0.3, 0.4) is 0 Å². The minimum absolute atomic E-state index is 0.00952. The molecule has 0 spiro atoms. The van der Waals surface area contributed by atoms with E-state index in [1.54, 1.807) is 0 Å². The molecule has 1 heterocycles. The Morgan fingerprint density at radius 1 is 1.08 bits per heavy atom. The van der Waals surface area contributed by atoms with Crippen molar-refractivity contribution >= 4 is 11.8 Å². The number of amides is 2. The second-order valence-corrected chi connectivity index (χ2v) is 7.69. The molecular weight excluding hydrogens is 314 g/mol. The van der Waals surface area contributed by atoms with Gasteiger partial charge in [0.15, 0.2) is 0 Å². The van der Waals surface area contributed by atoms with Gasteiger partial charge in [-0.3, -0.25) is 9.59 Å². The maximum Gasteiger partial charge on any atom is 0.238 e. The van der Waals surface area contributed by atoms with Crippen LogP contribution in [0, 0.1) is 5.41 Å². The van der Waals surface area contributed by atoms with Crippen molar-refractivity contribution in [2.24, 2.45) is 5.41 Å². The summed E-state index contributed by atoms with van der Waals surface area (Å²) in [6.45, 7) is 7.83. The first-order valence-electron chi connectivity index (χ1n) is 9.27. The molecule has 1 aromatic carbocycles. The lowest BCUT2D eigenvalue weighted by Gasteiger charge is -2.36. The second kappa shape index (κ2) is 7.16. The number of piperazine rings is 1. The minimum atomic E-state index is -0.797. The Morgan fingerprint density at radius 2 is 1.68 bits per heavy atom. The van der Waals surface area contributed by atoms with Crippen molar-refractivity contribution in [3.63, 3.8) is 0 Å². The summed E-state index contributed by atoms with van der Waals surface area (Å²) in [6.07, 6.45) is 1.38. The van der Waals surface area contributed by atoms with Crippen molar-refractivity contribution in [2.45, 2.75) is 39.3 Å². The molecule has 0 unspecified atom stereocenters. The summed E-state index contributed by atoms with van der Waals surface area (Å²) in [5.41, 5.74) is 0.307. The smallest absolute Gasteiger partial charge is 0.238 e. The summed E-state index contributed by atoms with van der Waals surface area (Å²) in [5.74, 6) is 0.0552. The molecule has 5 nitrogen and oxygen atoms in total. The predicted octanol–water partition coefficient (Wildman–Crippen LogP) is 1.98. The van der Waals surface area contributed by atoms with Crippen LogP contribution in [0.15, 0.2) is 30.3 Å². The molecule has 2 amide bonds. The van der Waals surface area contributed by atoms with Gasteiger partial charge in [0.1, 0.15) is 5.41 Å². The molecule has 5 heteroatoms. The van der Waals surface area contributed by atoms with Gasteiger partial charge in [-0.1, -0.05) is 30.3 Å². The van der Waals surface area contributed by atoms with Gasteiger partial charge in [-0.2, -0.15) is 0 Å². The first kappa shape index (κ1) is 17.9. The molecule has 1 aliphatic heterocycles. The molecular formula is C20H29N3O2. The van der Waals surface area contributed by atoms with Gasteiger partial charge in [-0.25, -0.2) is 0 Å². The van der Waals surface area contributed by atoms with E-state index in [-0.39, 0.29) is 17.9 Å². The van der Waals surface area contributed by atoms with E-state index < -0.39 is 5.41 Å². The van der Waals surface area contributed by atoms with E-state index in [1.165, 1.54) is 0 Å². The van der Waals surface area contributed by atoms with Gasteiger partial charge in [-0.05, 0) is 39.3 Å². The van der Waals surface area contributed by atoms with E-state index in [0.717, 1.165) is 31.7 Å². The zero-order valence-corrected chi connectivity index (χ0v) is 15.6. The largest absolute Gasteiger partial charge is 0.339 e. The van der Waals surface area contributed by atoms with E-state index in [2.05, 4.69) is 11.9 Å². The molecule has 0 N–H and O–H groups in total. The van der Waals surface area contributed by atoms with Gasteiger partial charge in [0.05, 0.1) is 0 Å². The van der Waals surface area contributed by atoms with Crippen LogP contribution >= 0.6 is 0 Å². The van der Waals surface area contributed by atoms with E-state index in [1.807, 2.05) is 54.0 Å². The second-order valence-electron chi connectivity index (χ2n) is 7.69. The SMILES string of the molecule is CC(C)N(Cc1ccccc1)C(=O)C1(C(=O)N2CCN(C)CC2)CC1. The summed E-state index contributed by atoms with van der Waals surface area (Å²) in [7, 11) is 2.07. The van der Waals surface area contributed by atoms with Gasteiger partial charge in [0.2, 0.25) is 11.8 Å². The number of carbonyl (C=O) groups excluding carboxylic acids is 2. The van der Waals surface area contributed by atoms with Crippen LogP contribution in [0.5, 0.6) is 0 Å². The minimum Gasteiger partial charge on any atom is -0.339 e. The number of hydrogen-bond acceptors (Lipinski definition) is 3. The van der Waals surface area contributed by atoms with Crippen molar-refractivity contribution in [3.05, 3.63) is 35.9 Å². The van der Waals surface area contributed by atoms with Crippen molar-refractivity contribution in [3.8, 4) is 0 Å². The molecule has 1 aromatic rings. The molecule has 3 rings (SSSR count). The Kier molecular flexibility index (Phi) is 5.13. The number of nitrogens with zero attached hydrogens (tertiary/aromatic N) is 3. The fraction of sp³-hybridized carbons (Fsp3) is 0.600. The monoisotopic (exact) mass is 343 g/mol. The highest BCUT2D eigenvalue weighted by molar-refractivity contribution is 6.08. The highest BCUT2D eigenvalue weighted by Crippen LogP contribution is 2.49. The Hall–Kier alpha value is -1.88. The molecule has 1 aliphatic carbocycles. The number of likely N-dealkylation sites (N-methyl/N-ethyl adjacent to an activating group) is 1. The van der Waals surface area contributed by atoms with E-state index >= 15 is 0 Å². The number of hydrogen-bond donors (Lipinski definition) is 0. The quantitative estimate of drug-likeness (QED) is 0.768. The average Bonchev–Trinajstić information content (AvgIpc) is 3.42. The third-order valence-corrected chi connectivity index (χ3v) is 5.44. The third kappa shape index (κ3) is 3.71. The van der Waals surface area contributed by atoms with Gasteiger partial charge in [0.25, 0.3) is 0 Å². The van der Waals surface area contributed by atoms with E-state index in [0.29, 0.717) is 19.4 Å². The molecule has 0 aromatic heterocycles. The summed E-state index contributed by atoms with van der Waals surface area (Å²) < 4.78 is 0. The van der Waals surface area contributed by atoms with Crippen LogP contribution in [0.1, 0.15) is 32.3 Å². The van der Waals surface area contributed by atoms with Gasteiger partial charge >= 0.3 is 0 Å². The number of rotatable bonds is 5. The average molecular weight is 343 g/mol. The fourth-order valence-electron chi connectivity index (χ4n) is 3.50. The zero-order valence-electron chi connectivity index (χ0n) is 15.6. The summed E-state index contributed by atoms with van der Waals surface area (Å²) in [4.78, 5) is 32.3. The molecule has 0 atom stereocenters. The molecule has 0 bridgehead atoms. The lowest BCUT2D eigenvalue weighted by Crippen LogP contribution is -2.53. The molecule has 1 saturated heterocycles. The Balaban J connectivity index is 1.73. The normalized spacial score (nSPS) is 19.8. The zero-order chi connectivity index (χ0) is 18.0. The van der Waals surface area contributed by atoms with Crippen LogP contribution in [-0.2, 0) is 16.1 Å². The van der Waals surface area contributed by atoms with E-state index in [4.69, 9.17) is 0 Å². The topological polar surface area (TPSA) is 43.9 Å². The van der Waals surface area contributed by atoms with Crippen LogP contribution in [0.25, 0.3) is 0 Å². The predicted molar refractivity (Wildman–Crippen MR) is 97.9 cm³/mol. The molecule has 2 fully saturated rings. The lowest BCUT2D eigenvalue weighted by molar-refractivity contribution is -0.151. The summed E-state index contributed by atoms with van der Waals surface area (Å²) >= 11 is 0. The standard InChI is InChI=1S/C20H29N3O2/c1-16(2)23(15-17-7-5-4-6-8-17)19(25)20(9-10-20)18(24)22-13-11-21(3)12-14-22/h4-8,16H,9-15H2,1-3H3. The Morgan fingerprint density at radius 3 is 2.20 bits per heavy atom. The Labute approximate surface area is 150 Å². The number of carbonyl (C=O) groups is 2. The van der Waals surface area contributed by atoms with Crippen molar-refractivity contribution in [1.29, 1.82) is 0 Å². The first-order chi connectivity index (χ1) is 11.9. The number of benzene rings is 1. The third-order valence-electron chi connectivity index (χ3n) is 5.44. The van der Waals surface area contributed by atoms with Gasteiger partial charge < -0.3 is 14.7 Å². The maximum atomic E-state index is 13.3. The fourth-order valence-corrected chi connectivity index (χ4v) is 3.50. The molecule has 1 saturated carbocycles. The molecule has 0 radical (unpaired) electrons. The first-order valence-corrected chi connectivity index (χ1v) is 9.27. The van der Waals surface area contributed by atoms with Crippen LogP contribution < -0.4 is 0 Å². The summed E-state index contributed by atoms with van der Waals surface area (Å²) in [5, 5.41) is 0. The van der Waals surface area contributed by atoms with Crippen molar-refractivity contribution in [2.75, 3.05) is 33.2 Å². The lowest BCUT2D eigenvalue weighted by atomic mass is 10.0. The Bertz CT molecular complexity index is 617. The van der Waals surface area contributed by atoms with Crippen LogP contribution in [-0.4, -0.2) is 65.8 Å². The van der Waals surface area contributed by atoms with Crippen LogP contribution in [0.4, 0.5) is 0 Å². The highest BCUT2D eigenvalue weighted by atomic mass is 16.2. The van der Waals surface area contributed by atoms with Crippen molar-refractivity contribution in [1.82, 2.24) is 14.7 Å². The van der Waals surface area contributed by atoms with Crippen LogP contribution in [0.2, 0.25) is 0 Å². The molecule has 25 heavy (non-hydrogen) atoms. The van der Waals surface area contributed by atoms with Gasteiger partial charge in [-0.15, -0.1) is 0 Å². The molecule has 136 valence electrons. The van der Waals surface area contributed by atoms with E-state index in [9.17, 15) is 9.59 Å². The molecule has 2 aliphatic rings. The summed E-state index contributed by atoms with van der Waals surface area (Å²) in [6, 6.07) is 10.1. The highest BCUT2D eigenvalue weighted by Gasteiger charge is 2.59.